The molecular weight excluding hydrogens is 1130 g/mol. The van der Waals surface area contributed by atoms with E-state index in [1.165, 1.54) is 154 Å². The standard InChI is InChI=1S/C92H66N2/c1-91(2)85-53-61(37-47-79(85)81-49-43-71(57-87(81)91)93(69-41-39-63-17-5-7-21-67(63)55-69)89-29-15-23-65-19-9-11-25-73(65)89)33-31-59-35-45-77-78-46-36-60(52-84(78)76-28-14-13-27-75(76)83(77)51-59)32-34-62-38-48-80-82-50-44-72(58-88(82)92(3,4)86(80)54-62)94(70-42-40-64-18-6-8-22-68(64)56-70)90-30-16-24-66-20-10-12-26-74(66)90/h5-58H,1-4H3/b33-31+,34-32+. The van der Waals surface area contributed by atoms with Gasteiger partial charge in [0, 0.05) is 44.4 Å². The fourth-order valence-corrected chi connectivity index (χ4v) is 15.8. The summed E-state index contributed by atoms with van der Waals surface area (Å²) in [6.07, 6.45) is 9.16. The van der Waals surface area contributed by atoms with Crippen molar-refractivity contribution >= 4 is 134 Å². The molecule has 0 spiro atoms. The number of nitrogens with zero attached hydrogens (tertiary/aromatic N) is 2. The Bertz CT molecular complexity index is 5500. The maximum atomic E-state index is 2.45. The second-order valence-electron chi connectivity index (χ2n) is 26.9. The van der Waals surface area contributed by atoms with Crippen LogP contribution in [0.4, 0.5) is 34.1 Å². The first-order chi connectivity index (χ1) is 46.1. The predicted molar refractivity (Wildman–Crippen MR) is 404 cm³/mol. The predicted octanol–water partition coefficient (Wildman–Crippen LogP) is 25.7. The van der Waals surface area contributed by atoms with Gasteiger partial charge in [-0.15, -0.1) is 0 Å². The lowest BCUT2D eigenvalue weighted by Crippen LogP contribution is -2.17. The lowest BCUT2D eigenvalue weighted by Gasteiger charge is -2.29. The molecule has 0 heterocycles. The van der Waals surface area contributed by atoms with E-state index in [0.717, 1.165) is 22.7 Å². The molecule has 444 valence electrons. The summed E-state index contributed by atoms with van der Waals surface area (Å²) in [7, 11) is 0. The van der Waals surface area contributed by atoms with E-state index >= 15 is 0 Å². The number of fused-ring (bicyclic) bond motifs is 16. The zero-order valence-electron chi connectivity index (χ0n) is 53.1. The van der Waals surface area contributed by atoms with Crippen LogP contribution < -0.4 is 9.80 Å². The third kappa shape index (κ3) is 9.00. The monoisotopic (exact) mass is 1200 g/mol. The second-order valence-corrected chi connectivity index (χ2v) is 26.9. The molecule has 18 rings (SSSR count). The highest BCUT2D eigenvalue weighted by Crippen LogP contribution is 2.54. The molecule has 0 aliphatic heterocycles. The molecule has 2 aliphatic rings. The Morgan fingerprint density at radius 3 is 0.936 bits per heavy atom. The van der Waals surface area contributed by atoms with Crippen LogP contribution in [-0.4, -0.2) is 0 Å². The summed E-state index contributed by atoms with van der Waals surface area (Å²) in [5.41, 5.74) is 21.8. The van der Waals surface area contributed by atoms with Gasteiger partial charge in [-0.2, -0.15) is 0 Å². The van der Waals surface area contributed by atoms with Crippen molar-refractivity contribution in [2.45, 2.75) is 38.5 Å². The SMILES string of the molecule is CC1(C)c2cc(/C=C/c3ccc4c5ccc(/C=C/c6ccc7c(c6)C(C)(C)c6cc(N(c8ccc9ccccc9c8)c8cccc9ccccc89)ccc6-7)cc5c5ccccc5c4c3)ccc2-c2ccc(N(c3ccc4ccccc4c3)c3cccc4ccccc34)cc21. The van der Waals surface area contributed by atoms with Crippen molar-refractivity contribution < 1.29 is 0 Å². The number of hydrogen-bond donors (Lipinski definition) is 0. The van der Waals surface area contributed by atoms with E-state index in [-0.39, 0.29) is 10.8 Å². The van der Waals surface area contributed by atoms with Crippen LogP contribution in [0.25, 0.3) is 122 Å². The van der Waals surface area contributed by atoms with Crippen LogP contribution in [0.1, 0.15) is 72.2 Å². The molecule has 2 nitrogen and oxygen atoms in total. The second kappa shape index (κ2) is 21.5. The van der Waals surface area contributed by atoms with Crippen molar-refractivity contribution in [2.24, 2.45) is 0 Å². The molecule has 0 amide bonds. The van der Waals surface area contributed by atoms with E-state index in [0.29, 0.717) is 0 Å². The van der Waals surface area contributed by atoms with Crippen molar-refractivity contribution in [1.29, 1.82) is 0 Å². The van der Waals surface area contributed by atoms with E-state index < -0.39 is 0 Å². The Kier molecular flexibility index (Phi) is 12.7. The molecule has 2 aliphatic carbocycles. The minimum Gasteiger partial charge on any atom is -0.310 e. The molecular formula is C92H66N2. The molecule has 16 aromatic carbocycles. The highest BCUT2D eigenvalue weighted by atomic mass is 15.1. The molecule has 0 atom stereocenters. The van der Waals surface area contributed by atoms with Crippen LogP contribution in [0.5, 0.6) is 0 Å². The maximum Gasteiger partial charge on any atom is 0.0540 e. The first kappa shape index (κ1) is 55.3. The quantitative estimate of drug-likeness (QED) is 0.0995. The minimum absolute atomic E-state index is 0.223. The van der Waals surface area contributed by atoms with Gasteiger partial charge < -0.3 is 9.80 Å². The molecule has 0 saturated carbocycles. The summed E-state index contributed by atoms with van der Waals surface area (Å²) in [5.74, 6) is 0. The normalized spacial score (nSPS) is 13.6. The van der Waals surface area contributed by atoms with Crippen molar-refractivity contribution in [3.63, 3.8) is 0 Å². The number of anilines is 6. The fraction of sp³-hybridized carbons (Fsp3) is 0.0652. The van der Waals surface area contributed by atoms with Crippen molar-refractivity contribution in [2.75, 3.05) is 9.80 Å². The fourth-order valence-electron chi connectivity index (χ4n) is 15.8. The molecule has 0 saturated heterocycles. The largest absolute Gasteiger partial charge is 0.310 e. The van der Waals surface area contributed by atoms with E-state index in [9.17, 15) is 0 Å². The maximum absolute atomic E-state index is 2.45. The Morgan fingerprint density at radius 1 is 0.213 bits per heavy atom. The first-order valence-corrected chi connectivity index (χ1v) is 32.9. The van der Waals surface area contributed by atoms with E-state index in [1.807, 2.05) is 0 Å². The van der Waals surface area contributed by atoms with Crippen LogP contribution in [0, 0.1) is 0 Å². The minimum atomic E-state index is -0.223. The summed E-state index contributed by atoms with van der Waals surface area (Å²) in [4.78, 5) is 4.90. The van der Waals surface area contributed by atoms with E-state index in [4.69, 9.17) is 0 Å². The van der Waals surface area contributed by atoms with Gasteiger partial charge in [0.1, 0.15) is 0 Å². The molecule has 0 fully saturated rings. The molecule has 0 aromatic heterocycles. The van der Waals surface area contributed by atoms with Crippen LogP contribution >= 0.6 is 0 Å². The van der Waals surface area contributed by atoms with Gasteiger partial charge in [-0.05, 0) is 204 Å². The summed E-state index contributed by atoms with van der Waals surface area (Å²) in [5, 5.41) is 17.4. The zero-order chi connectivity index (χ0) is 62.8. The van der Waals surface area contributed by atoms with Gasteiger partial charge in [0.05, 0.1) is 11.4 Å². The highest BCUT2D eigenvalue weighted by molar-refractivity contribution is 6.26. The molecule has 16 aromatic rings. The summed E-state index contributed by atoms with van der Waals surface area (Å²) >= 11 is 0. The molecule has 0 bridgehead atoms. The van der Waals surface area contributed by atoms with Gasteiger partial charge in [0.2, 0.25) is 0 Å². The third-order valence-electron chi connectivity index (χ3n) is 20.7. The van der Waals surface area contributed by atoms with Crippen molar-refractivity contribution in [3.8, 4) is 22.3 Å². The van der Waals surface area contributed by atoms with E-state index in [2.05, 4.69) is 365 Å². The Balaban J connectivity index is 0.627. The first-order valence-electron chi connectivity index (χ1n) is 32.9. The summed E-state index contributed by atoms with van der Waals surface area (Å²) < 4.78 is 0. The zero-order valence-corrected chi connectivity index (χ0v) is 53.1. The average molecular weight is 1200 g/mol. The smallest absolute Gasteiger partial charge is 0.0540 e. The topological polar surface area (TPSA) is 6.48 Å². The number of rotatable bonds is 10. The van der Waals surface area contributed by atoms with Crippen LogP contribution in [0.2, 0.25) is 0 Å². The third-order valence-corrected chi connectivity index (χ3v) is 20.7. The highest BCUT2D eigenvalue weighted by Gasteiger charge is 2.38. The Hall–Kier alpha value is -11.6. The van der Waals surface area contributed by atoms with Gasteiger partial charge in [-0.1, -0.05) is 283 Å². The summed E-state index contributed by atoms with van der Waals surface area (Å²) in [6.45, 7) is 9.57. The number of hydrogen-bond acceptors (Lipinski definition) is 2. The van der Waals surface area contributed by atoms with E-state index in [1.54, 1.807) is 0 Å². The van der Waals surface area contributed by atoms with Gasteiger partial charge in [-0.3, -0.25) is 0 Å². The molecule has 2 heteroatoms. The Labute approximate surface area is 548 Å². The molecule has 94 heavy (non-hydrogen) atoms. The lowest BCUT2D eigenvalue weighted by atomic mass is 9.81. The molecule has 0 N–H and O–H groups in total. The van der Waals surface area contributed by atoms with Gasteiger partial charge >= 0.3 is 0 Å². The lowest BCUT2D eigenvalue weighted by molar-refractivity contribution is 0.660. The van der Waals surface area contributed by atoms with Crippen molar-refractivity contribution in [3.05, 3.63) is 348 Å². The van der Waals surface area contributed by atoms with Crippen LogP contribution in [0.3, 0.4) is 0 Å². The number of benzene rings is 16. The van der Waals surface area contributed by atoms with Crippen LogP contribution in [-0.2, 0) is 10.8 Å². The van der Waals surface area contributed by atoms with Crippen molar-refractivity contribution in [1.82, 2.24) is 0 Å². The summed E-state index contributed by atoms with van der Waals surface area (Å²) in [6, 6.07) is 113. The average Bonchev–Trinajstić information content (AvgIpc) is 1.55. The molecule has 0 radical (unpaired) electrons. The Morgan fingerprint density at radius 2 is 0.511 bits per heavy atom. The van der Waals surface area contributed by atoms with Gasteiger partial charge in [-0.25, -0.2) is 0 Å². The van der Waals surface area contributed by atoms with Gasteiger partial charge in [0.15, 0.2) is 0 Å². The van der Waals surface area contributed by atoms with Crippen LogP contribution in [0.15, 0.2) is 303 Å². The van der Waals surface area contributed by atoms with Gasteiger partial charge in [0.25, 0.3) is 0 Å². The molecule has 0 unspecified atom stereocenters.